The van der Waals surface area contributed by atoms with Gasteiger partial charge in [0, 0.05) is 19.1 Å². The van der Waals surface area contributed by atoms with Crippen LogP contribution in [0.15, 0.2) is 0 Å². The van der Waals surface area contributed by atoms with Crippen LogP contribution in [0.4, 0.5) is 0 Å². The molecule has 4 nitrogen and oxygen atoms in total. The fourth-order valence-corrected chi connectivity index (χ4v) is 2.58. The summed E-state index contributed by atoms with van der Waals surface area (Å²) in [5.74, 6) is 1.02. The number of aliphatic hydroxyl groups excluding tert-OH is 1. The molecule has 3 atom stereocenters. The van der Waals surface area contributed by atoms with E-state index in [1.807, 2.05) is 6.92 Å². The smallest absolute Gasteiger partial charge is 0.222 e. The van der Waals surface area contributed by atoms with Crippen LogP contribution in [0.25, 0.3) is 0 Å². The molecule has 0 radical (unpaired) electrons. The molecular weight excluding hydrogens is 216 g/mol. The first-order chi connectivity index (χ1) is 8.19. The van der Waals surface area contributed by atoms with Crippen LogP contribution in [0.3, 0.4) is 0 Å². The van der Waals surface area contributed by atoms with Crippen LogP contribution >= 0.6 is 0 Å². The number of hydrogen-bond acceptors (Lipinski definition) is 3. The van der Waals surface area contributed by atoms with Gasteiger partial charge in [0.25, 0.3) is 0 Å². The van der Waals surface area contributed by atoms with E-state index < -0.39 is 0 Å². The van der Waals surface area contributed by atoms with Crippen molar-refractivity contribution in [3.05, 3.63) is 0 Å². The maximum atomic E-state index is 11.8. The third kappa shape index (κ3) is 4.64. The molecule has 0 aromatic heterocycles. The molecule has 0 aromatic carbocycles. The lowest BCUT2D eigenvalue weighted by Gasteiger charge is -2.19. The lowest BCUT2D eigenvalue weighted by atomic mass is 9.96. The van der Waals surface area contributed by atoms with Gasteiger partial charge in [0.1, 0.15) is 0 Å². The van der Waals surface area contributed by atoms with E-state index in [0.717, 1.165) is 32.2 Å². The van der Waals surface area contributed by atoms with Crippen LogP contribution in [0.1, 0.15) is 39.0 Å². The molecule has 17 heavy (non-hydrogen) atoms. The number of carbonyl (C=O) groups excluding carboxylic acids is 1. The Bertz CT molecular complexity index is 233. The highest BCUT2D eigenvalue weighted by Gasteiger charge is 2.27. The van der Waals surface area contributed by atoms with Gasteiger partial charge in [-0.15, -0.1) is 0 Å². The Balaban J connectivity index is 2.22. The molecule has 0 aromatic rings. The number of carbonyl (C=O) groups is 1. The SMILES string of the molecule is CC(CCCN)C(=O)NCC1CCCC1CO. The molecule has 1 aliphatic carbocycles. The van der Waals surface area contributed by atoms with Gasteiger partial charge in [-0.2, -0.15) is 0 Å². The minimum absolute atomic E-state index is 0.0486. The van der Waals surface area contributed by atoms with Gasteiger partial charge in [-0.05, 0) is 44.1 Å². The fraction of sp³-hybridized carbons (Fsp3) is 0.923. The van der Waals surface area contributed by atoms with Crippen molar-refractivity contribution in [3.63, 3.8) is 0 Å². The van der Waals surface area contributed by atoms with Crippen molar-refractivity contribution in [2.75, 3.05) is 19.7 Å². The first-order valence-corrected chi connectivity index (χ1v) is 6.77. The number of nitrogens with one attached hydrogen (secondary N) is 1. The Morgan fingerprint density at radius 1 is 1.47 bits per heavy atom. The minimum Gasteiger partial charge on any atom is -0.396 e. The maximum Gasteiger partial charge on any atom is 0.222 e. The Morgan fingerprint density at radius 3 is 2.82 bits per heavy atom. The largest absolute Gasteiger partial charge is 0.396 e. The van der Waals surface area contributed by atoms with Crippen molar-refractivity contribution in [2.45, 2.75) is 39.0 Å². The molecule has 4 heteroatoms. The van der Waals surface area contributed by atoms with E-state index in [9.17, 15) is 9.90 Å². The van der Waals surface area contributed by atoms with E-state index in [0.29, 0.717) is 18.4 Å². The van der Waals surface area contributed by atoms with Gasteiger partial charge >= 0.3 is 0 Å². The molecule has 0 aliphatic heterocycles. The number of rotatable bonds is 7. The van der Waals surface area contributed by atoms with Crippen LogP contribution in [0.2, 0.25) is 0 Å². The van der Waals surface area contributed by atoms with Gasteiger partial charge in [-0.3, -0.25) is 4.79 Å². The third-order valence-corrected chi connectivity index (χ3v) is 3.88. The maximum absolute atomic E-state index is 11.8. The molecule has 1 saturated carbocycles. The molecule has 0 spiro atoms. The van der Waals surface area contributed by atoms with E-state index in [4.69, 9.17) is 5.73 Å². The summed E-state index contributed by atoms with van der Waals surface area (Å²) in [4.78, 5) is 11.8. The summed E-state index contributed by atoms with van der Waals surface area (Å²) in [6.07, 6.45) is 5.16. The molecule has 1 fully saturated rings. The summed E-state index contributed by atoms with van der Waals surface area (Å²) >= 11 is 0. The molecule has 100 valence electrons. The van der Waals surface area contributed by atoms with Gasteiger partial charge in [-0.1, -0.05) is 13.3 Å². The molecule has 1 rings (SSSR count). The Morgan fingerprint density at radius 2 is 2.18 bits per heavy atom. The first-order valence-electron chi connectivity index (χ1n) is 6.77. The molecule has 4 N–H and O–H groups in total. The lowest BCUT2D eigenvalue weighted by Crippen LogP contribution is -2.35. The van der Waals surface area contributed by atoms with Gasteiger partial charge in [-0.25, -0.2) is 0 Å². The van der Waals surface area contributed by atoms with Crippen LogP contribution in [-0.2, 0) is 4.79 Å². The van der Waals surface area contributed by atoms with E-state index in [2.05, 4.69) is 5.32 Å². The second kappa shape index (κ2) is 7.67. The molecule has 0 bridgehead atoms. The molecule has 0 heterocycles. The second-order valence-corrected chi connectivity index (χ2v) is 5.21. The zero-order valence-corrected chi connectivity index (χ0v) is 10.8. The summed E-state index contributed by atoms with van der Waals surface area (Å²) in [6, 6.07) is 0. The zero-order chi connectivity index (χ0) is 12.7. The van der Waals surface area contributed by atoms with Crippen LogP contribution in [0, 0.1) is 17.8 Å². The van der Waals surface area contributed by atoms with E-state index in [1.54, 1.807) is 0 Å². The highest BCUT2D eigenvalue weighted by Crippen LogP contribution is 2.30. The summed E-state index contributed by atoms with van der Waals surface area (Å²) < 4.78 is 0. The second-order valence-electron chi connectivity index (χ2n) is 5.21. The Hall–Kier alpha value is -0.610. The number of amides is 1. The summed E-state index contributed by atoms with van der Waals surface area (Å²) in [7, 11) is 0. The van der Waals surface area contributed by atoms with Gasteiger partial charge in [0.15, 0.2) is 0 Å². The highest BCUT2D eigenvalue weighted by molar-refractivity contribution is 5.78. The predicted molar refractivity (Wildman–Crippen MR) is 68.4 cm³/mol. The predicted octanol–water partition coefficient (Wildman–Crippen LogP) is 0.886. The number of hydrogen-bond donors (Lipinski definition) is 3. The first kappa shape index (κ1) is 14.5. The third-order valence-electron chi connectivity index (χ3n) is 3.88. The van der Waals surface area contributed by atoms with Crippen LogP contribution in [-0.4, -0.2) is 30.7 Å². The molecular formula is C13H26N2O2. The van der Waals surface area contributed by atoms with Gasteiger partial charge in [0.05, 0.1) is 0 Å². The quantitative estimate of drug-likeness (QED) is 0.620. The fourth-order valence-electron chi connectivity index (χ4n) is 2.58. The molecule has 0 saturated heterocycles. The summed E-state index contributed by atoms with van der Waals surface area (Å²) in [5.41, 5.74) is 5.43. The topological polar surface area (TPSA) is 75.4 Å². The van der Waals surface area contributed by atoms with E-state index >= 15 is 0 Å². The van der Waals surface area contributed by atoms with Gasteiger partial charge < -0.3 is 16.2 Å². The molecule has 1 aliphatic rings. The lowest BCUT2D eigenvalue weighted by molar-refractivity contribution is -0.124. The van der Waals surface area contributed by atoms with Crippen molar-refractivity contribution in [1.29, 1.82) is 0 Å². The zero-order valence-electron chi connectivity index (χ0n) is 10.8. The summed E-state index contributed by atoms with van der Waals surface area (Å²) in [5, 5.41) is 12.2. The monoisotopic (exact) mass is 242 g/mol. The van der Waals surface area contributed by atoms with Crippen molar-refractivity contribution in [2.24, 2.45) is 23.5 Å². The Kier molecular flexibility index (Phi) is 6.52. The number of aliphatic hydroxyl groups is 1. The molecule has 3 unspecified atom stereocenters. The summed E-state index contributed by atoms with van der Waals surface area (Å²) in [6.45, 7) is 3.57. The average molecular weight is 242 g/mol. The van der Waals surface area contributed by atoms with Crippen molar-refractivity contribution in [3.8, 4) is 0 Å². The Labute approximate surface area is 104 Å². The standard InChI is InChI=1S/C13H26N2O2/c1-10(4-3-7-14)13(17)15-8-11-5-2-6-12(11)9-16/h10-12,16H,2-9,14H2,1H3,(H,15,17). The van der Waals surface area contributed by atoms with Gasteiger partial charge in [0.2, 0.25) is 5.91 Å². The minimum atomic E-state index is 0.0486. The average Bonchev–Trinajstić information content (AvgIpc) is 2.80. The highest BCUT2D eigenvalue weighted by atomic mass is 16.3. The van der Waals surface area contributed by atoms with Crippen molar-refractivity contribution in [1.82, 2.24) is 5.32 Å². The normalized spacial score (nSPS) is 25.8. The van der Waals surface area contributed by atoms with Crippen LogP contribution in [0.5, 0.6) is 0 Å². The van der Waals surface area contributed by atoms with Crippen molar-refractivity contribution >= 4 is 5.91 Å². The van der Waals surface area contributed by atoms with Crippen LogP contribution < -0.4 is 11.1 Å². The number of nitrogens with two attached hydrogens (primary N) is 1. The van der Waals surface area contributed by atoms with E-state index in [1.165, 1.54) is 6.42 Å². The van der Waals surface area contributed by atoms with E-state index in [-0.39, 0.29) is 18.4 Å². The molecule has 1 amide bonds. The van der Waals surface area contributed by atoms with Crippen molar-refractivity contribution < 1.29 is 9.90 Å².